The minimum atomic E-state index is -0.613. The lowest BCUT2D eigenvalue weighted by molar-refractivity contribution is -0.150. The average Bonchev–Trinajstić information content (AvgIpc) is 2.38. The van der Waals surface area contributed by atoms with Crippen molar-refractivity contribution in [2.75, 3.05) is 12.0 Å². The molecule has 2 rings (SSSR count). The van der Waals surface area contributed by atoms with Gasteiger partial charge in [0.2, 0.25) is 0 Å². The van der Waals surface area contributed by atoms with E-state index < -0.39 is 11.4 Å². The number of hydrogen-bond donors (Lipinski definition) is 1. The maximum atomic E-state index is 11.7. The van der Waals surface area contributed by atoms with Crippen molar-refractivity contribution in [3.8, 4) is 0 Å². The van der Waals surface area contributed by atoms with E-state index in [1.54, 1.807) is 11.8 Å². The van der Waals surface area contributed by atoms with Gasteiger partial charge in [-0.2, -0.15) is 11.8 Å². The molecule has 1 aliphatic rings. The van der Waals surface area contributed by atoms with E-state index in [2.05, 4.69) is 18.4 Å². The van der Waals surface area contributed by atoms with E-state index in [1.807, 2.05) is 12.1 Å². The SMILES string of the molecule is CSCCCC1(C(=O)O)CCc2ccccc2C1. The van der Waals surface area contributed by atoms with Crippen LogP contribution in [0.15, 0.2) is 24.3 Å². The second-order valence-electron chi connectivity index (χ2n) is 5.13. The first-order chi connectivity index (χ1) is 8.68. The summed E-state index contributed by atoms with van der Waals surface area (Å²) in [6.07, 6.45) is 6.26. The van der Waals surface area contributed by atoms with Crippen LogP contribution in [0.25, 0.3) is 0 Å². The van der Waals surface area contributed by atoms with Gasteiger partial charge in [-0.1, -0.05) is 24.3 Å². The van der Waals surface area contributed by atoms with Gasteiger partial charge >= 0.3 is 5.97 Å². The molecule has 2 nitrogen and oxygen atoms in total. The molecule has 0 heterocycles. The van der Waals surface area contributed by atoms with Gasteiger partial charge in [-0.15, -0.1) is 0 Å². The molecule has 1 aromatic carbocycles. The Kier molecular flexibility index (Phi) is 4.33. The summed E-state index contributed by atoms with van der Waals surface area (Å²) < 4.78 is 0. The minimum Gasteiger partial charge on any atom is -0.481 e. The molecule has 0 bridgehead atoms. The van der Waals surface area contributed by atoms with Gasteiger partial charge in [-0.25, -0.2) is 0 Å². The Labute approximate surface area is 113 Å². The molecule has 0 aliphatic heterocycles. The highest BCUT2D eigenvalue weighted by molar-refractivity contribution is 7.98. The van der Waals surface area contributed by atoms with Gasteiger partial charge in [0.15, 0.2) is 0 Å². The van der Waals surface area contributed by atoms with Gasteiger partial charge in [-0.05, 0) is 55.2 Å². The molecule has 1 atom stereocenters. The first-order valence-corrected chi connectivity index (χ1v) is 7.86. The van der Waals surface area contributed by atoms with Crippen LogP contribution in [-0.4, -0.2) is 23.1 Å². The monoisotopic (exact) mass is 264 g/mol. The van der Waals surface area contributed by atoms with Gasteiger partial charge in [0.25, 0.3) is 0 Å². The maximum Gasteiger partial charge on any atom is 0.309 e. The summed E-state index contributed by atoms with van der Waals surface area (Å²) >= 11 is 1.79. The topological polar surface area (TPSA) is 37.3 Å². The van der Waals surface area contributed by atoms with Gasteiger partial charge in [0.05, 0.1) is 5.41 Å². The highest BCUT2D eigenvalue weighted by Gasteiger charge is 2.40. The Morgan fingerprint density at radius 2 is 2.11 bits per heavy atom. The Morgan fingerprint density at radius 1 is 1.39 bits per heavy atom. The lowest BCUT2D eigenvalue weighted by atomic mass is 9.69. The molecule has 0 saturated carbocycles. The largest absolute Gasteiger partial charge is 0.481 e. The van der Waals surface area contributed by atoms with E-state index in [9.17, 15) is 9.90 Å². The van der Waals surface area contributed by atoms with Crippen LogP contribution >= 0.6 is 11.8 Å². The van der Waals surface area contributed by atoms with E-state index in [1.165, 1.54) is 11.1 Å². The fraction of sp³-hybridized carbons (Fsp3) is 0.533. The Hall–Kier alpha value is -0.960. The Bertz CT molecular complexity index is 430. The lowest BCUT2D eigenvalue weighted by Gasteiger charge is -2.34. The van der Waals surface area contributed by atoms with Gasteiger partial charge in [0.1, 0.15) is 0 Å². The lowest BCUT2D eigenvalue weighted by Crippen LogP contribution is -2.37. The highest BCUT2D eigenvalue weighted by Crippen LogP contribution is 2.39. The molecule has 0 amide bonds. The number of carboxylic acid groups (broad SMARTS) is 1. The van der Waals surface area contributed by atoms with Crippen LogP contribution in [0.5, 0.6) is 0 Å². The van der Waals surface area contributed by atoms with Crippen molar-refractivity contribution in [2.24, 2.45) is 5.41 Å². The van der Waals surface area contributed by atoms with Crippen LogP contribution in [0.1, 0.15) is 30.4 Å². The summed E-state index contributed by atoms with van der Waals surface area (Å²) in [5.41, 5.74) is 2.04. The molecule has 0 saturated heterocycles. The van der Waals surface area contributed by atoms with Gasteiger partial charge in [-0.3, -0.25) is 4.79 Å². The van der Waals surface area contributed by atoms with Crippen molar-refractivity contribution in [1.82, 2.24) is 0 Å². The zero-order chi connectivity index (χ0) is 13.0. The quantitative estimate of drug-likeness (QED) is 0.828. The Morgan fingerprint density at radius 3 is 2.78 bits per heavy atom. The molecule has 0 fully saturated rings. The van der Waals surface area contributed by atoms with Crippen LogP contribution in [0, 0.1) is 5.41 Å². The molecule has 1 N–H and O–H groups in total. The second kappa shape index (κ2) is 5.79. The second-order valence-corrected chi connectivity index (χ2v) is 6.11. The van der Waals surface area contributed by atoms with E-state index in [-0.39, 0.29) is 0 Å². The summed E-state index contributed by atoms with van der Waals surface area (Å²) in [5.74, 6) is 0.439. The number of rotatable bonds is 5. The predicted octanol–water partition coefficient (Wildman–Crippen LogP) is 3.39. The zero-order valence-electron chi connectivity index (χ0n) is 10.8. The van der Waals surface area contributed by atoms with E-state index in [0.29, 0.717) is 6.42 Å². The number of aliphatic carboxylic acids is 1. The highest BCUT2D eigenvalue weighted by atomic mass is 32.2. The normalized spacial score (nSPS) is 22.5. The van der Waals surface area contributed by atoms with Crippen molar-refractivity contribution < 1.29 is 9.90 Å². The van der Waals surface area contributed by atoms with Crippen LogP contribution < -0.4 is 0 Å². The van der Waals surface area contributed by atoms with Crippen LogP contribution in [0.3, 0.4) is 0 Å². The third-order valence-electron chi connectivity index (χ3n) is 3.98. The number of thioether (sulfide) groups is 1. The maximum absolute atomic E-state index is 11.7. The van der Waals surface area contributed by atoms with E-state index >= 15 is 0 Å². The fourth-order valence-electron chi connectivity index (χ4n) is 2.86. The van der Waals surface area contributed by atoms with Crippen molar-refractivity contribution >= 4 is 17.7 Å². The van der Waals surface area contributed by atoms with Gasteiger partial charge in [0, 0.05) is 0 Å². The number of carboxylic acids is 1. The summed E-state index contributed by atoms with van der Waals surface area (Å²) in [5, 5.41) is 9.61. The van der Waals surface area contributed by atoms with Crippen molar-refractivity contribution in [3.05, 3.63) is 35.4 Å². The molecular weight excluding hydrogens is 244 g/mol. The number of aryl methyl sites for hydroxylation is 1. The third kappa shape index (κ3) is 2.72. The zero-order valence-corrected chi connectivity index (χ0v) is 11.6. The summed E-state index contributed by atoms with van der Waals surface area (Å²) in [6, 6.07) is 8.27. The van der Waals surface area contributed by atoms with E-state index in [4.69, 9.17) is 0 Å². The summed E-state index contributed by atoms with van der Waals surface area (Å²) in [4.78, 5) is 11.7. The Balaban J connectivity index is 2.16. The first-order valence-electron chi connectivity index (χ1n) is 6.47. The molecule has 1 aromatic rings. The molecule has 0 aromatic heterocycles. The van der Waals surface area contributed by atoms with Gasteiger partial charge < -0.3 is 5.11 Å². The van der Waals surface area contributed by atoms with E-state index in [0.717, 1.165) is 31.4 Å². The third-order valence-corrected chi connectivity index (χ3v) is 4.67. The molecule has 3 heteroatoms. The van der Waals surface area contributed by atoms with Crippen LogP contribution in [0.4, 0.5) is 0 Å². The smallest absolute Gasteiger partial charge is 0.309 e. The molecule has 18 heavy (non-hydrogen) atoms. The molecular formula is C15H20O2S. The molecule has 98 valence electrons. The predicted molar refractivity (Wildman–Crippen MR) is 76.2 cm³/mol. The number of benzene rings is 1. The standard InChI is InChI=1S/C15H20O2S/c1-18-10-4-8-15(14(16)17)9-7-12-5-2-3-6-13(12)11-15/h2-3,5-6H,4,7-11H2,1H3,(H,16,17). The minimum absolute atomic E-state index is 0.524. The summed E-state index contributed by atoms with van der Waals surface area (Å²) in [6.45, 7) is 0. The van der Waals surface area contributed by atoms with Crippen LogP contribution in [0.2, 0.25) is 0 Å². The number of hydrogen-bond acceptors (Lipinski definition) is 2. The average molecular weight is 264 g/mol. The number of carbonyl (C=O) groups is 1. The molecule has 1 unspecified atom stereocenters. The van der Waals surface area contributed by atoms with Crippen molar-refractivity contribution in [1.29, 1.82) is 0 Å². The molecule has 1 aliphatic carbocycles. The molecule has 0 spiro atoms. The fourth-order valence-corrected chi connectivity index (χ4v) is 3.29. The summed E-state index contributed by atoms with van der Waals surface area (Å²) in [7, 11) is 0. The first kappa shape index (κ1) is 13.5. The van der Waals surface area contributed by atoms with Crippen LogP contribution in [-0.2, 0) is 17.6 Å². The number of fused-ring (bicyclic) bond motifs is 1. The van der Waals surface area contributed by atoms with Crippen molar-refractivity contribution in [3.63, 3.8) is 0 Å². The van der Waals surface area contributed by atoms with Crippen molar-refractivity contribution in [2.45, 2.75) is 32.1 Å². The molecule has 0 radical (unpaired) electrons.